The van der Waals surface area contributed by atoms with Crippen LogP contribution in [0.3, 0.4) is 0 Å². The van der Waals surface area contributed by atoms with Crippen molar-refractivity contribution in [2.75, 3.05) is 32.2 Å². The molecule has 156 valence electrons. The first-order chi connectivity index (χ1) is 13.8. The highest BCUT2D eigenvalue weighted by atomic mass is 35.5. The molecule has 1 amide bonds. The number of hydrogen-bond donors (Lipinski definition) is 2. The van der Waals surface area contributed by atoms with Gasteiger partial charge in [0.25, 0.3) is 15.9 Å². The Labute approximate surface area is 174 Å². The number of halogens is 1. The number of nitrogens with zero attached hydrogens (tertiary/aromatic N) is 1. The summed E-state index contributed by atoms with van der Waals surface area (Å²) in [5, 5.41) is 3.60. The van der Waals surface area contributed by atoms with E-state index in [4.69, 9.17) is 16.3 Å². The Kier molecular flexibility index (Phi) is 6.63. The number of hydrogen-bond acceptors (Lipinski definition) is 6. The third kappa shape index (κ3) is 4.99. The molecule has 2 aromatic carbocycles. The number of sulfonamides is 1. The highest BCUT2D eigenvalue weighted by Crippen LogP contribution is 2.33. The second-order valence-corrected chi connectivity index (χ2v) is 8.62. The molecule has 3 rings (SSSR count). The third-order valence-corrected chi connectivity index (χ3v) is 6.14. The lowest BCUT2D eigenvalue weighted by molar-refractivity contribution is 0.0940. The predicted octanol–water partition coefficient (Wildman–Crippen LogP) is 2.20. The maximum absolute atomic E-state index is 12.5. The Hall–Kier alpha value is -2.33. The first-order valence-electron chi connectivity index (χ1n) is 8.88. The van der Waals surface area contributed by atoms with Crippen molar-refractivity contribution in [3.63, 3.8) is 0 Å². The van der Waals surface area contributed by atoms with E-state index in [0.717, 1.165) is 24.4 Å². The van der Waals surface area contributed by atoms with E-state index < -0.39 is 10.0 Å². The fourth-order valence-electron chi connectivity index (χ4n) is 3.22. The summed E-state index contributed by atoms with van der Waals surface area (Å²) in [6.07, 6.45) is 0.769. The maximum Gasteiger partial charge on any atom is 0.262 e. The Balaban J connectivity index is 1.64. The Morgan fingerprint density at radius 2 is 1.90 bits per heavy atom. The summed E-state index contributed by atoms with van der Waals surface area (Å²) >= 11 is 6.11. The zero-order chi connectivity index (χ0) is 21.0. The van der Waals surface area contributed by atoms with Gasteiger partial charge in [-0.15, -0.1) is 0 Å². The van der Waals surface area contributed by atoms with Crippen molar-refractivity contribution in [2.24, 2.45) is 0 Å². The van der Waals surface area contributed by atoms with Crippen molar-refractivity contribution in [1.29, 1.82) is 0 Å². The van der Waals surface area contributed by atoms with E-state index in [1.807, 2.05) is 17.0 Å². The summed E-state index contributed by atoms with van der Waals surface area (Å²) < 4.78 is 29.2. The number of carbonyl (C=O) groups excluding carboxylic acids is 1. The quantitative estimate of drug-likeness (QED) is 0.642. The number of amides is 1. The SMILES string of the molecule is CONS(=O)(=O)c1ccc(C(=O)N[C@@H]2CCN(c3cc(Cl)ccc3OC)C2)cc1. The van der Waals surface area contributed by atoms with Gasteiger partial charge in [0, 0.05) is 29.7 Å². The molecule has 1 atom stereocenters. The fourth-order valence-corrected chi connectivity index (χ4v) is 4.20. The van der Waals surface area contributed by atoms with Gasteiger partial charge in [0.1, 0.15) is 5.75 Å². The zero-order valence-corrected chi connectivity index (χ0v) is 17.6. The van der Waals surface area contributed by atoms with Gasteiger partial charge in [0.2, 0.25) is 0 Å². The summed E-state index contributed by atoms with van der Waals surface area (Å²) in [6.45, 7) is 1.37. The molecule has 1 fully saturated rings. The van der Waals surface area contributed by atoms with Crippen LogP contribution in [0, 0.1) is 0 Å². The van der Waals surface area contributed by atoms with E-state index >= 15 is 0 Å². The normalized spacial score (nSPS) is 16.7. The molecule has 0 spiro atoms. The Morgan fingerprint density at radius 3 is 2.55 bits per heavy atom. The molecule has 2 N–H and O–H groups in total. The molecule has 2 aromatic rings. The standard InChI is InChI=1S/C19H22ClN3O5S/c1-27-18-8-5-14(20)11-17(18)23-10-9-15(12-23)21-19(24)13-3-6-16(7-4-13)29(25,26)22-28-2/h3-8,11,15,22H,9-10,12H2,1-2H3,(H,21,24)/t15-/m1/s1. The largest absolute Gasteiger partial charge is 0.495 e. The van der Waals surface area contributed by atoms with Crippen molar-refractivity contribution >= 4 is 33.2 Å². The van der Waals surface area contributed by atoms with Gasteiger partial charge in [-0.2, -0.15) is 0 Å². The Bertz CT molecular complexity index is 982. The molecule has 1 saturated heterocycles. The van der Waals surface area contributed by atoms with Gasteiger partial charge in [-0.25, -0.2) is 8.42 Å². The van der Waals surface area contributed by atoms with Crippen LogP contribution in [-0.4, -0.2) is 47.7 Å². The molecule has 0 aliphatic carbocycles. The van der Waals surface area contributed by atoms with Gasteiger partial charge in [0.05, 0.1) is 24.8 Å². The summed E-state index contributed by atoms with van der Waals surface area (Å²) in [6, 6.07) is 11.0. The lowest BCUT2D eigenvalue weighted by atomic mass is 10.2. The average molecular weight is 440 g/mol. The number of rotatable bonds is 7. The predicted molar refractivity (Wildman–Crippen MR) is 110 cm³/mol. The van der Waals surface area contributed by atoms with E-state index in [1.54, 1.807) is 13.2 Å². The van der Waals surface area contributed by atoms with E-state index in [2.05, 4.69) is 15.1 Å². The van der Waals surface area contributed by atoms with Crippen LogP contribution in [0.4, 0.5) is 5.69 Å². The summed E-state index contributed by atoms with van der Waals surface area (Å²) in [4.78, 5) is 21.1. The average Bonchev–Trinajstić information content (AvgIpc) is 3.16. The summed E-state index contributed by atoms with van der Waals surface area (Å²) in [5.74, 6) is 0.460. The maximum atomic E-state index is 12.5. The topological polar surface area (TPSA) is 97.0 Å². The molecular formula is C19H22ClN3O5S. The van der Waals surface area contributed by atoms with Crippen molar-refractivity contribution in [1.82, 2.24) is 10.2 Å². The molecule has 0 bridgehead atoms. The van der Waals surface area contributed by atoms with Crippen molar-refractivity contribution in [3.05, 3.63) is 53.1 Å². The number of nitrogens with one attached hydrogen (secondary N) is 2. The van der Waals surface area contributed by atoms with Gasteiger partial charge in [0.15, 0.2) is 0 Å². The molecule has 0 radical (unpaired) electrons. The lowest BCUT2D eigenvalue weighted by Crippen LogP contribution is -2.37. The van der Waals surface area contributed by atoms with Crippen molar-refractivity contribution in [3.8, 4) is 5.75 Å². The van der Waals surface area contributed by atoms with Crippen LogP contribution in [0.5, 0.6) is 5.75 Å². The highest BCUT2D eigenvalue weighted by molar-refractivity contribution is 7.89. The third-order valence-electron chi connectivity index (χ3n) is 4.62. The van der Waals surface area contributed by atoms with E-state index in [1.165, 1.54) is 31.4 Å². The van der Waals surface area contributed by atoms with Gasteiger partial charge in [-0.3, -0.25) is 9.63 Å². The minimum atomic E-state index is -3.76. The van der Waals surface area contributed by atoms with Crippen LogP contribution in [0.1, 0.15) is 16.8 Å². The molecule has 0 aromatic heterocycles. The smallest absolute Gasteiger partial charge is 0.262 e. The summed E-state index contributed by atoms with van der Waals surface area (Å²) in [7, 11) is -0.940. The fraction of sp³-hybridized carbons (Fsp3) is 0.316. The van der Waals surface area contributed by atoms with Gasteiger partial charge < -0.3 is 15.0 Å². The monoisotopic (exact) mass is 439 g/mol. The van der Waals surface area contributed by atoms with Crippen molar-refractivity contribution in [2.45, 2.75) is 17.4 Å². The minimum Gasteiger partial charge on any atom is -0.495 e. The number of anilines is 1. The molecule has 0 unspecified atom stereocenters. The van der Waals surface area contributed by atoms with Crippen LogP contribution < -0.4 is 19.8 Å². The van der Waals surface area contributed by atoms with Crippen molar-refractivity contribution < 1.29 is 22.8 Å². The van der Waals surface area contributed by atoms with Crippen LogP contribution in [0.2, 0.25) is 5.02 Å². The second-order valence-electron chi connectivity index (χ2n) is 6.54. The number of ether oxygens (including phenoxy) is 1. The lowest BCUT2D eigenvalue weighted by Gasteiger charge is -2.21. The second kappa shape index (κ2) is 9.00. The first kappa shape index (κ1) is 21.4. The first-order valence-corrected chi connectivity index (χ1v) is 10.7. The summed E-state index contributed by atoms with van der Waals surface area (Å²) in [5.41, 5.74) is 1.26. The van der Waals surface area contributed by atoms with E-state index in [9.17, 15) is 13.2 Å². The highest BCUT2D eigenvalue weighted by Gasteiger charge is 2.26. The van der Waals surface area contributed by atoms with Crippen LogP contribution in [0.15, 0.2) is 47.4 Å². The molecule has 1 aliphatic heterocycles. The molecule has 1 heterocycles. The zero-order valence-electron chi connectivity index (χ0n) is 16.0. The van der Waals surface area contributed by atoms with Gasteiger partial charge in [-0.1, -0.05) is 16.5 Å². The molecular weight excluding hydrogens is 418 g/mol. The molecule has 1 aliphatic rings. The molecule has 10 heteroatoms. The van der Waals surface area contributed by atoms with Crippen LogP contribution >= 0.6 is 11.6 Å². The van der Waals surface area contributed by atoms with E-state index in [0.29, 0.717) is 17.1 Å². The van der Waals surface area contributed by atoms with Gasteiger partial charge >= 0.3 is 0 Å². The minimum absolute atomic E-state index is 0.0102. The van der Waals surface area contributed by atoms with Crippen LogP contribution in [-0.2, 0) is 14.9 Å². The molecule has 0 saturated carbocycles. The van der Waals surface area contributed by atoms with E-state index in [-0.39, 0.29) is 16.8 Å². The number of carbonyl (C=O) groups is 1. The molecule has 29 heavy (non-hydrogen) atoms. The Morgan fingerprint density at radius 1 is 1.17 bits per heavy atom. The number of benzene rings is 2. The van der Waals surface area contributed by atoms with Gasteiger partial charge in [-0.05, 0) is 48.9 Å². The van der Waals surface area contributed by atoms with Crippen LogP contribution in [0.25, 0.3) is 0 Å². The number of methoxy groups -OCH3 is 1. The molecule has 8 nitrogen and oxygen atoms in total.